The number of esters is 1. The molecule has 1 aliphatic heterocycles. The van der Waals surface area contributed by atoms with Crippen LogP contribution in [0.25, 0.3) is 0 Å². The Labute approximate surface area is 145 Å². The minimum Gasteiger partial charge on any atom is -0.475 e. The van der Waals surface area contributed by atoms with Gasteiger partial charge in [-0.05, 0) is 24.6 Å². The van der Waals surface area contributed by atoms with Gasteiger partial charge < -0.3 is 14.2 Å². The average Bonchev–Trinajstić information content (AvgIpc) is 2.66. The molecule has 6 heteroatoms. The van der Waals surface area contributed by atoms with Crippen molar-refractivity contribution < 1.29 is 23.8 Å². The molecular weight excluding hydrogens is 322 g/mol. The number of carbonyl (C=O) groups is 2. The summed E-state index contributed by atoms with van der Waals surface area (Å²) in [6.45, 7) is 2.17. The molecule has 0 unspecified atom stereocenters. The number of nitrogens with zero attached hydrogens (tertiary/aromatic N) is 1. The van der Waals surface area contributed by atoms with Crippen molar-refractivity contribution in [3.8, 4) is 5.75 Å². The van der Waals surface area contributed by atoms with Crippen LogP contribution in [0.1, 0.15) is 12.5 Å². The van der Waals surface area contributed by atoms with Crippen molar-refractivity contribution in [2.24, 2.45) is 0 Å². The van der Waals surface area contributed by atoms with E-state index in [-0.39, 0.29) is 19.8 Å². The number of fused-ring (bicyclic) bond motifs is 1. The molecule has 25 heavy (non-hydrogen) atoms. The monoisotopic (exact) mass is 341 g/mol. The Morgan fingerprint density at radius 2 is 1.80 bits per heavy atom. The van der Waals surface area contributed by atoms with Crippen LogP contribution in [0.15, 0.2) is 54.6 Å². The first-order valence-corrected chi connectivity index (χ1v) is 8.09. The lowest BCUT2D eigenvalue weighted by molar-refractivity contribution is -0.151. The maximum atomic E-state index is 12.6. The van der Waals surface area contributed by atoms with Gasteiger partial charge in [-0.1, -0.05) is 42.5 Å². The molecule has 0 aliphatic carbocycles. The topological polar surface area (TPSA) is 65.1 Å². The summed E-state index contributed by atoms with van der Waals surface area (Å²) >= 11 is 0. The van der Waals surface area contributed by atoms with Crippen LogP contribution >= 0.6 is 0 Å². The predicted octanol–water partition coefficient (Wildman–Crippen LogP) is 3.15. The van der Waals surface area contributed by atoms with Gasteiger partial charge in [-0.15, -0.1) is 0 Å². The lowest BCUT2D eigenvalue weighted by Crippen LogP contribution is -2.47. The molecule has 1 amide bonds. The molecule has 0 saturated heterocycles. The molecule has 2 aromatic rings. The summed E-state index contributed by atoms with van der Waals surface area (Å²) in [7, 11) is 0. The number of hydrogen-bond donors (Lipinski definition) is 0. The zero-order valence-corrected chi connectivity index (χ0v) is 13.9. The van der Waals surface area contributed by atoms with Crippen molar-refractivity contribution in [3.63, 3.8) is 0 Å². The molecule has 0 saturated carbocycles. The third-order valence-electron chi connectivity index (χ3n) is 3.75. The van der Waals surface area contributed by atoms with Crippen LogP contribution in [-0.2, 0) is 20.9 Å². The zero-order chi connectivity index (χ0) is 17.6. The van der Waals surface area contributed by atoms with Gasteiger partial charge in [0.25, 0.3) is 0 Å². The molecule has 1 heterocycles. The Kier molecular flexibility index (Phi) is 5.18. The highest BCUT2D eigenvalue weighted by Gasteiger charge is 2.35. The fourth-order valence-corrected chi connectivity index (χ4v) is 2.56. The van der Waals surface area contributed by atoms with Gasteiger partial charge in [-0.25, -0.2) is 9.59 Å². The third kappa shape index (κ3) is 3.91. The second-order valence-corrected chi connectivity index (χ2v) is 5.48. The summed E-state index contributed by atoms with van der Waals surface area (Å²) in [5.41, 5.74) is 1.46. The molecule has 0 aromatic heterocycles. The first kappa shape index (κ1) is 16.8. The van der Waals surface area contributed by atoms with Gasteiger partial charge in [0.1, 0.15) is 12.4 Å². The highest BCUT2D eigenvalue weighted by molar-refractivity contribution is 5.92. The molecule has 3 rings (SSSR count). The summed E-state index contributed by atoms with van der Waals surface area (Å²) in [6.07, 6.45) is -1.41. The second-order valence-electron chi connectivity index (χ2n) is 5.48. The van der Waals surface area contributed by atoms with Gasteiger partial charge in [-0.2, -0.15) is 0 Å². The first-order valence-electron chi connectivity index (χ1n) is 8.09. The maximum absolute atomic E-state index is 12.6. The van der Waals surface area contributed by atoms with E-state index in [9.17, 15) is 9.59 Å². The number of para-hydroxylation sites is 2. The van der Waals surface area contributed by atoms with E-state index >= 15 is 0 Å². The quantitative estimate of drug-likeness (QED) is 0.799. The van der Waals surface area contributed by atoms with E-state index in [0.717, 1.165) is 5.56 Å². The van der Waals surface area contributed by atoms with Crippen molar-refractivity contribution in [2.75, 3.05) is 18.1 Å². The minimum absolute atomic E-state index is 0.0451. The molecule has 0 fully saturated rings. The van der Waals surface area contributed by atoms with Gasteiger partial charge in [0.05, 0.1) is 18.8 Å². The number of anilines is 1. The van der Waals surface area contributed by atoms with Crippen LogP contribution in [0, 0.1) is 0 Å². The Bertz CT molecular complexity index is 746. The van der Waals surface area contributed by atoms with Crippen molar-refractivity contribution in [1.82, 2.24) is 0 Å². The van der Waals surface area contributed by atoms with E-state index in [2.05, 4.69) is 0 Å². The van der Waals surface area contributed by atoms with Crippen LogP contribution in [0.4, 0.5) is 10.5 Å². The summed E-state index contributed by atoms with van der Waals surface area (Å²) in [5.74, 6) is -0.0543. The van der Waals surface area contributed by atoms with E-state index < -0.39 is 18.2 Å². The molecule has 1 aliphatic rings. The molecule has 0 radical (unpaired) electrons. The van der Waals surface area contributed by atoms with Gasteiger partial charge in [-0.3, -0.25) is 4.90 Å². The van der Waals surface area contributed by atoms with Crippen molar-refractivity contribution in [1.29, 1.82) is 0 Å². The van der Waals surface area contributed by atoms with Gasteiger partial charge in [0.15, 0.2) is 0 Å². The van der Waals surface area contributed by atoms with Crippen LogP contribution in [0.5, 0.6) is 5.75 Å². The highest BCUT2D eigenvalue weighted by atomic mass is 16.6. The third-order valence-corrected chi connectivity index (χ3v) is 3.75. The van der Waals surface area contributed by atoms with E-state index in [1.54, 1.807) is 31.2 Å². The van der Waals surface area contributed by atoms with Crippen LogP contribution in [0.3, 0.4) is 0 Å². The fraction of sp³-hybridized carbons (Fsp3) is 0.263. The number of carbonyl (C=O) groups excluding carboxylic acids is 2. The molecule has 6 nitrogen and oxygen atoms in total. The normalized spacial score (nSPS) is 15.7. The van der Waals surface area contributed by atoms with E-state index in [1.165, 1.54) is 4.90 Å². The van der Waals surface area contributed by atoms with E-state index in [1.807, 2.05) is 30.3 Å². The molecular formula is C19H19NO5. The first-order chi connectivity index (χ1) is 12.2. The molecule has 0 spiro atoms. The van der Waals surface area contributed by atoms with Crippen LogP contribution < -0.4 is 9.64 Å². The Balaban J connectivity index is 1.76. The van der Waals surface area contributed by atoms with Crippen LogP contribution in [-0.4, -0.2) is 31.3 Å². The SMILES string of the molecule is CCOC(=O)[C@@H]1CN(C(=O)OCc2ccccc2)c2ccccc2O1. The summed E-state index contributed by atoms with van der Waals surface area (Å²) in [6, 6.07) is 16.4. The fourth-order valence-electron chi connectivity index (χ4n) is 2.56. The number of rotatable bonds is 4. The van der Waals surface area contributed by atoms with Gasteiger partial charge >= 0.3 is 12.1 Å². The average molecular weight is 341 g/mol. The number of amides is 1. The number of hydrogen-bond acceptors (Lipinski definition) is 5. The second kappa shape index (κ2) is 7.70. The number of ether oxygens (including phenoxy) is 3. The lowest BCUT2D eigenvalue weighted by atomic mass is 10.2. The van der Waals surface area contributed by atoms with Gasteiger partial charge in [0.2, 0.25) is 6.10 Å². The van der Waals surface area contributed by atoms with Gasteiger partial charge in [0, 0.05) is 0 Å². The molecule has 1 atom stereocenters. The molecule has 0 N–H and O–H groups in total. The van der Waals surface area contributed by atoms with Crippen molar-refractivity contribution in [2.45, 2.75) is 19.6 Å². The summed E-state index contributed by atoms with van der Waals surface area (Å²) in [5, 5.41) is 0. The Hall–Kier alpha value is -3.02. The van der Waals surface area contributed by atoms with Crippen LogP contribution in [0.2, 0.25) is 0 Å². The maximum Gasteiger partial charge on any atom is 0.414 e. The van der Waals surface area contributed by atoms with Crippen molar-refractivity contribution in [3.05, 3.63) is 60.2 Å². The minimum atomic E-state index is -0.876. The highest BCUT2D eigenvalue weighted by Crippen LogP contribution is 2.33. The van der Waals surface area contributed by atoms with E-state index in [4.69, 9.17) is 14.2 Å². The smallest absolute Gasteiger partial charge is 0.414 e. The van der Waals surface area contributed by atoms with Crippen molar-refractivity contribution >= 4 is 17.7 Å². The predicted molar refractivity (Wildman–Crippen MR) is 91.5 cm³/mol. The Morgan fingerprint density at radius 3 is 2.56 bits per heavy atom. The van der Waals surface area contributed by atoms with E-state index in [0.29, 0.717) is 11.4 Å². The zero-order valence-electron chi connectivity index (χ0n) is 13.9. The number of benzene rings is 2. The standard InChI is InChI=1S/C19H19NO5/c1-2-23-18(21)17-12-20(15-10-6-7-11-16(15)25-17)19(22)24-13-14-8-4-3-5-9-14/h3-11,17H,2,12-13H2,1H3/t17-/m0/s1. The lowest BCUT2D eigenvalue weighted by Gasteiger charge is -2.32. The summed E-state index contributed by atoms with van der Waals surface area (Å²) < 4.78 is 16.1. The molecule has 0 bridgehead atoms. The summed E-state index contributed by atoms with van der Waals surface area (Å²) in [4.78, 5) is 26.0. The molecule has 130 valence electrons. The Morgan fingerprint density at radius 1 is 1.08 bits per heavy atom. The molecule has 2 aromatic carbocycles. The largest absolute Gasteiger partial charge is 0.475 e.